The molecule has 2 heterocycles. The Balaban J connectivity index is 1.48. The third-order valence-corrected chi connectivity index (χ3v) is 5.88. The topological polar surface area (TPSA) is 41.4 Å². The van der Waals surface area contributed by atoms with E-state index >= 15 is 0 Å². The molecule has 31 heavy (non-hydrogen) atoms. The molecular weight excluding hydrogens is 422 g/mol. The highest BCUT2D eigenvalue weighted by atomic mass is 35.5. The first kappa shape index (κ1) is 21.3. The average molecular weight is 445 g/mol. The van der Waals surface area contributed by atoms with Gasteiger partial charge in [0, 0.05) is 31.9 Å². The van der Waals surface area contributed by atoms with Gasteiger partial charge in [0.25, 0.3) is 5.91 Å². The van der Waals surface area contributed by atoms with Crippen molar-refractivity contribution < 1.29 is 13.6 Å². The molecule has 3 aromatic rings. The number of anilines is 1. The molecule has 1 saturated heterocycles. The lowest BCUT2D eigenvalue weighted by Gasteiger charge is -2.23. The lowest BCUT2D eigenvalue weighted by Crippen LogP contribution is -2.35. The number of aromatic nitrogens is 2. The molecule has 0 bridgehead atoms. The maximum atomic E-state index is 13.3. The highest BCUT2D eigenvalue weighted by Crippen LogP contribution is 2.24. The lowest BCUT2D eigenvalue weighted by atomic mass is 10.2. The summed E-state index contributed by atoms with van der Waals surface area (Å²) in [5.74, 6) is -0.717. The summed E-state index contributed by atoms with van der Waals surface area (Å²) in [6, 6.07) is 12.5. The highest BCUT2D eigenvalue weighted by molar-refractivity contribution is 6.33. The van der Waals surface area contributed by atoms with Gasteiger partial charge in [-0.2, -0.15) is 5.10 Å². The molecular formula is C23H23ClF2N4O. The normalized spacial score (nSPS) is 14.6. The SMILES string of the molecule is Cc1nn(Cc2ccc(F)cc2)c(Cl)c1C(=O)N1CCCN(c2ccc(F)cc2)CC1. The summed E-state index contributed by atoms with van der Waals surface area (Å²) in [4.78, 5) is 17.2. The molecule has 0 N–H and O–H groups in total. The van der Waals surface area contributed by atoms with Crippen molar-refractivity contribution in [3.63, 3.8) is 0 Å². The van der Waals surface area contributed by atoms with Crippen LogP contribution in [0.25, 0.3) is 0 Å². The van der Waals surface area contributed by atoms with Gasteiger partial charge in [-0.25, -0.2) is 13.5 Å². The molecule has 162 valence electrons. The number of carbonyl (C=O) groups excluding carboxylic acids is 1. The van der Waals surface area contributed by atoms with Crippen LogP contribution in [0.3, 0.4) is 0 Å². The van der Waals surface area contributed by atoms with Crippen molar-refractivity contribution in [3.05, 3.63) is 82.1 Å². The second-order valence-corrected chi connectivity index (χ2v) is 8.00. The Bertz CT molecular complexity index is 1070. The first-order valence-corrected chi connectivity index (χ1v) is 10.6. The Labute approximate surface area is 184 Å². The van der Waals surface area contributed by atoms with E-state index in [0.717, 1.165) is 24.2 Å². The fourth-order valence-electron chi connectivity index (χ4n) is 3.85. The predicted molar refractivity (Wildman–Crippen MR) is 117 cm³/mol. The standard InChI is InChI=1S/C23H23ClF2N4O/c1-16-21(22(24)30(27-16)15-17-3-5-18(25)6-4-17)23(31)29-12-2-11-28(13-14-29)20-9-7-19(26)8-10-20/h3-10H,2,11-15H2,1H3. The summed E-state index contributed by atoms with van der Waals surface area (Å²) in [5, 5.41) is 4.72. The average Bonchev–Trinajstić information content (AvgIpc) is 2.92. The number of hydrogen-bond donors (Lipinski definition) is 0. The minimum Gasteiger partial charge on any atom is -0.370 e. The van der Waals surface area contributed by atoms with Gasteiger partial charge in [0.1, 0.15) is 16.8 Å². The molecule has 2 aromatic carbocycles. The lowest BCUT2D eigenvalue weighted by molar-refractivity contribution is 0.0766. The van der Waals surface area contributed by atoms with E-state index < -0.39 is 0 Å². The zero-order valence-corrected chi connectivity index (χ0v) is 17.9. The van der Waals surface area contributed by atoms with Crippen molar-refractivity contribution in [2.24, 2.45) is 0 Å². The number of nitrogens with zero attached hydrogens (tertiary/aromatic N) is 4. The van der Waals surface area contributed by atoms with Crippen molar-refractivity contribution in [3.8, 4) is 0 Å². The molecule has 1 aromatic heterocycles. The number of rotatable bonds is 4. The van der Waals surface area contributed by atoms with Crippen LogP contribution in [0.2, 0.25) is 5.15 Å². The molecule has 0 radical (unpaired) electrons. The Kier molecular flexibility index (Phi) is 6.23. The number of aryl methyl sites for hydroxylation is 1. The second-order valence-electron chi connectivity index (χ2n) is 7.64. The molecule has 5 nitrogen and oxygen atoms in total. The minimum atomic E-state index is -0.307. The molecule has 1 aliphatic rings. The number of hydrogen-bond acceptors (Lipinski definition) is 3. The highest BCUT2D eigenvalue weighted by Gasteiger charge is 2.27. The maximum absolute atomic E-state index is 13.3. The van der Waals surface area contributed by atoms with Gasteiger partial charge < -0.3 is 9.80 Å². The zero-order chi connectivity index (χ0) is 22.0. The summed E-state index contributed by atoms with van der Waals surface area (Å²) in [5.41, 5.74) is 2.75. The van der Waals surface area contributed by atoms with Gasteiger partial charge in [-0.15, -0.1) is 0 Å². The van der Waals surface area contributed by atoms with Gasteiger partial charge >= 0.3 is 0 Å². The number of halogens is 3. The fraction of sp³-hybridized carbons (Fsp3) is 0.304. The van der Waals surface area contributed by atoms with Crippen LogP contribution in [0.5, 0.6) is 0 Å². The Morgan fingerprint density at radius 3 is 2.29 bits per heavy atom. The van der Waals surface area contributed by atoms with Crippen LogP contribution in [-0.4, -0.2) is 46.8 Å². The molecule has 0 saturated carbocycles. The second kappa shape index (κ2) is 9.06. The van der Waals surface area contributed by atoms with E-state index in [1.165, 1.54) is 24.3 Å². The first-order chi connectivity index (χ1) is 14.9. The quantitative estimate of drug-likeness (QED) is 0.594. The minimum absolute atomic E-state index is 0.145. The predicted octanol–water partition coefficient (Wildman–Crippen LogP) is 4.52. The van der Waals surface area contributed by atoms with Crippen LogP contribution in [0.4, 0.5) is 14.5 Å². The largest absolute Gasteiger partial charge is 0.370 e. The molecule has 0 unspecified atom stereocenters. The maximum Gasteiger partial charge on any atom is 0.258 e. The van der Waals surface area contributed by atoms with Gasteiger partial charge in [-0.05, 0) is 55.3 Å². The van der Waals surface area contributed by atoms with Crippen LogP contribution in [-0.2, 0) is 6.54 Å². The van der Waals surface area contributed by atoms with Gasteiger partial charge in [-0.1, -0.05) is 23.7 Å². The van der Waals surface area contributed by atoms with E-state index in [1.54, 1.807) is 40.8 Å². The van der Waals surface area contributed by atoms with Gasteiger partial charge in [-0.3, -0.25) is 4.79 Å². The molecule has 0 aliphatic carbocycles. The molecule has 1 aliphatic heterocycles. The first-order valence-electron chi connectivity index (χ1n) is 10.2. The van der Waals surface area contributed by atoms with E-state index in [0.29, 0.717) is 37.4 Å². The van der Waals surface area contributed by atoms with E-state index in [9.17, 15) is 13.6 Å². The van der Waals surface area contributed by atoms with Gasteiger partial charge in [0.05, 0.1) is 17.8 Å². The van der Waals surface area contributed by atoms with Crippen molar-refractivity contribution >= 4 is 23.2 Å². The van der Waals surface area contributed by atoms with Crippen LogP contribution in [0.1, 0.15) is 28.0 Å². The van der Waals surface area contributed by atoms with Crippen LogP contribution < -0.4 is 4.90 Å². The summed E-state index contributed by atoms with van der Waals surface area (Å²) >= 11 is 6.54. The molecule has 1 fully saturated rings. The van der Waals surface area contributed by atoms with Crippen LogP contribution in [0.15, 0.2) is 48.5 Å². The smallest absolute Gasteiger partial charge is 0.258 e. The Hall–Kier alpha value is -2.93. The summed E-state index contributed by atoms with van der Waals surface area (Å²) in [6.07, 6.45) is 0.795. The fourth-order valence-corrected chi connectivity index (χ4v) is 4.17. The van der Waals surface area contributed by atoms with E-state index in [4.69, 9.17) is 11.6 Å². The third-order valence-electron chi connectivity index (χ3n) is 5.50. The summed E-state index contributed by atoms with van der Waals surface area (Å²) in [7, 11) is 0. The summed E-state index contributed by atoms with van der Waals surface area (Å²) in [6.45, 7) is 4.70. The molecule has 4 rings (SSSR count). The number of benzene rings is 2. The molecule has 8 heteroatoms. The van der Waals surface area contributed by atoms with E-state index in [-0.39, 0.29) is 22.7 Å². The number of amides is 1. The van der Waals surface area contributed by atoms with Crippen molar-refractivity contribution in [2.45, 2.75) is 19.9 Å². The van der Waals surface area contributed by atoms with Gasteiger partial charge in [0.15, 0.2) is 0 Å². The van der Waals surface area contributed by atoms with Crippen molar-refractivity contribution in [2.75, 3.05) is 31.1 Å². The van der Waals surface area contributed by atoms with E-state index in [2.05, 4.69) is 10.00 Å². The summed E-state index contributed by atoms with van der Waals surface area (Å²) < 4.78 is 27.9. The van der Waals surface area contributed by atoms with E-state index in [1.807, 2.05) is 0 Å². The molecule has 0 atom stereocenters. The van der Waals surface area contributed by atoms with Crippen molar-refractivity contribution in [1.82, 2.24) is 14.7 Å². The van der Waals surface area contributed by atoms with Crippen molar-refractivity contribution in [1.29, 1.82) is 0 Å². The molecule has 1 amide bonds. The van der Waals surface area contributed by atoms with Crippen LogP contribution in [0, 0.1) is 18.6 Å². The zero-order valence-electron chi connectivity index (χ0n) is 17.2. The van der Waals surface area contributed by atoms with Gasteiger partial charge in [0.2, 0.25) is 0 Å². The third kappa shape index (κ3) is 4.71. The monoisotopic (exact) mass is 444 g/mol. The number of carbonyl (C=O) groups is 1. The van der Waals surface area contributed by atoms with Crippen LogP contribution >= 0.6 is 11.6 Å². The Morgan fingerprint density at radius 1 is 0.968 bits per heavy atom. The molecule has 0 spiro atoms. The Morgan fingerprint density at radius 2 is 1.61 bits per heavy atom.